The molecule has 0 radical (unpaired) electrons. The Balaban J connectivity index is 1.52. The zero-order chi connectivity index (χ0) is 16.5. The summed E-state index contributed by atoms with van der Waals surface area (Å²) in [6.45, 7) is 0. The molecule has 0 saturated heterocycles. The first-order valence-electron chi connectivity index (χ1n) is 7.48. The second-order valence-electron chi connectivity index (χ2n) is 5.49. The van der Waals surface area contributed by atoms with Gasteiger partial charge in [-0.15, -0.1) is 0 Å². The third kappa shape index (κ3) is 3.09. The van der Waals surface area contributed by atoms with Crippen LogP contribution in [0.25, 0.3) is 10.2 Å². The lowest BCUT2D eigenvalue weighted by atomic mass is 10.2. The number of hydrogen-bond acceptors (Lipinski definition) is 6. The number of aromatic nitrogens is 3. The molecular weight excluding hydrogens is 326 g/mol. The molecule has 24 heavy (non-hydrogen) atoms. The highest BCUT2D eigenvalue weighted by molar-refractivity contribution is 7.22. The monoisotopic (exact) mass is 339 g/mol. The molecule has 1 aliphatic carbocycles. The molecule has 120 valence electrons. The van der Waals surface area contributed by atoms with Crippen molar-refractivity contribution in [3.05, 3.63) is 48.0 Å². The highest BCUT2D eigenvalue weighted by Gasteiger charge is 2.24. The van der Waals surface area contributed by atoms with Crippen LogP contribution in [0.1, 0.15) is 33.7 Å². The second-order valence-corrected chi connectivity index (χ2v) is 6.52. The maximum atomic E-state index is 12.4. The van der Waals surface area contributed by atoms with Crippen molar-refractivity contribution in [2.45, 2.75) is 18.9 Å². The lowest BCUT2D eigenvalue weighted by Gasteiger charge is -2.05. The zero-order valence-electron chi connectivity index (χ0n) is 12.5. The number of carbonyl (C=O) groups is 2. The number of hydrogen-bond donors (Lipinski definition) is 2. The zero-order valence-corrected chi connectivity index (χ0v) is 13.3. The van der Waals surface area contributed by atoms with E-state index >= 15 is 0 Å². The molecule has 2 amide bonds. The Kier molecular flexibility index (Phi) is 3.66. The highest BCUT2D eigenvalue weighted by Crippen LogP contribution is 2.25. The summed E-state index contributed by atoms with van der Waals surface area (Å²) in [7, 11) is 0. The van der Waals surface area contributed by atoms with Crippen LogP contribution in [0.2, 0.25) is 0 Å². The predicted octanol–water partition coefficient (Wildman–Crippen LogP) is 2.23. The summed E-state index contributed by atoms with van der Waals surface area (Å²) in [5, 5.41) is 6.09. The van der Waals surface area contributed by atoms with Gasteiger partial charge in [-0.1, -0.05) is 11.3 Å². The van der Waals surface area contributed by atoms with Gasteiger partial charge in [0, 0.05) is 24.0 Å². The molecule has 1 fully saturated rings. The van der Waals surface area contributed by atoms with Crippen LogP contribution in [-0.2, 0) is 0 Å². The van der Waals surface area contributed by atoms with Gasteiger partial charge in [0.05, 0.1) is 10.9 Å². The molecule has 0 spiro atoms. The molecule has 0 bridgehead atoms. The van der Waals surface area contributed by atoms with E-state index in [1.165, 1.54) is 23.6 Å². The highest BCUT2D eigenvalue weighted by atomic mass is 32.1. The molecule has 1 aliphatic rings. The van der Waals surface area contributed by atoms with Crippen LogP contribution in [0.15, 0.2) is 36.8 Å². The minimum Gasteiger partial charge on any atom is -0.348 e. The van der Waals surface area contributed by atoms with Crippen molar-refractivity contribution < 1.29 is 9.59 Å². The van der Waals surface area contributed by atoms with Gasteiger partial charge in [0.25, 0.3) is 11.8 Å². The maximum absolute atomic E-state index is 12.4. The summed E-state index contributed by atoms with van der Waals surface area (Å²) < 4.78 is 0.944. The summed E-state index contributed by atoms with van der Waals surface area (Å²) in [5.41, 5.74) is 1.34. The van der Waals surface area contributed by atoms with Gasteiger partial charge in [-0.2, -0.15) is 0 Å². The van der Waals surface area contributed by atoms with E-state index in [1.54, 1.807) is 18.5 Å². The lowest BCUT2D eigenvalue weighted by Crippen LogP contribution is -2.26. The normalized spacial score (nSPS) is 13.7. The Morgan fingerprint density at radius 1 is 1.17 bits per heavy atom. The van der Waals surface area contributed by atoms with Crippen LogP contribution in [0, 0.1) is 0 Å². The van der Waals surface area contributed by atoms with Crippen molar-refractivity contribution in [1.29, 1.82) is 0 Å². The minimum absolute atomic E-state index is 0.239. The van der Waals surface area contributed by atoms with Crippen molar-refractivity contribution in [2.75, 3.05) is 5.32 Å². The van der Waals surface area contributed by atoms with E-state index in [-0.39, 0.29) is 23.6 Å². The number of carbonyl (C=O) groups excluding carboxylic acids is 2. The number of fused-ring (bicyclic) bond motifs is 1. The van der Waals surface area contributed by atoms with Gasteiger partial charge in [0.1, 0.15) is 11.2 Å². The van der Waals surface area contributed by atoms with Gasteiger partial charge in [-0.3, -0.25) is 24.9 Å². The Morgan fingerprint density at radius 3 is 2.83 bits per heavy atom. The van der Waals surface area contributed by atoms with Gasteiger partial charge < -0.3 is 5.32 Å². The fraction of sp³-hybridized carbons (Fsp3) is 0.188. The van der Waals surface area contributed by atoms with Crippen LogP contribution in [0.4, 0.5) is 5.13 Å². The first-order valence-corrected chi connectivity index (χ1v) is 8.29. The van der Waals surface area contributed by atoms with Gasteiger partial charge in [-0.25, -0.2) is 4.98 Å². The van der Waals surface area contributed by atoms with Crippen LogP contribution in [0.3, 0.4) is 0 Å². The van der Waals surface area contributed by atoms with E-state index in [0.717, 1.165) is 23.1 Å². The number of rotatable bonds is 4. The molecule has 7 nitrogen and oxygen atoms in total. The van der Waals surface area contributed by atoms with E-state index in [4.69, 9.17) is 0 Å². The molecule has 2 N–H and O–H groups in total. The quantitative estimate of drug-likeness (QED) is 0.760. The standard InChI is InChI=1S/C16H13N5O2S/c22-14(21-16-20-12-8-17-5-4-13(12)24-16)9-3-6-18-11(7-9)15(23)19-10-1-2-10/h3-8,10H,1-2H2,(H,19,23)(H,20,21,22). The first-order chi connectivity index (χ1) is 11.7. The molecule has 1 saturated carbocycles. The van der Waals surface area contributed by atoms with Crippen LogP contribution in [-0.4, -0.2) is 32.8 Å². The Hall–Kier alpha value is -2.87. The SMILES string of the molecule is O=C(Nc1nc2cnccc2s1)c1ccnc(C(=O)NC2CC2)c1. The summed E-state index contributed by atoms with van der Waals surface area (Å²) in [6, 6.07) is 5.14. The number of nitrogens with zero attached hydrogens (tertiary/aromatic N) is 3. The van der Waals surface area contributed by atoms with Crippen LogP contribution < -0.4 is 10.6 Å². The number of nitrogens with one attached hydrogen (secondary N) is 2. The molecule has 3 aromatic rings. The maximum Gasteiger partial charge on any atom is 0.270 e. The van der Waals surface area contributed by atoms with E-state index < -0.39 is 0 Å². The van der Waals surface area contributed by atoms with Gasteiger partial charge in [-0.05, 0) is 31.0 Å². The third-order valence-electron chi connectivity index (χ3n) is 3.58. The molecule has 0 unspecified atom stereocenters. The number of pyridine rings is 2. The summed E-state index contributed by atoms with van der Waals surface area (Å²) in [5.74, 6) is -0.580. The van der Waals surface area contributed by atoms with Crippen LogP contribution >= 0.6 is 11.3 Å². The van der Waals surface area contributed by atoms with Crippen molar-refractivity contribution in [3.8, 4) is 0 Å². The van der Waals surface area contributed by atoms with E-state index in [9.17, 15) is 9.59 Å². The number of thiazole rings is 1. The van der Waals surface area contributed by atoms with Gasteiger partial charge in [0.15, 0.2) is 5.13 Å². The van der Waals surface area contributed by atoms with Crippen LogP contribution in [0.5, 0.6) is 0 Å². The van der Waals surface area contributed by atoms with E-state index in [0.29, 0.717) is 10.7 Å². The van der Waals surface area contributed by atoms with Gasteiger partial charge >= 0.3 is 0 Å². The molecule has 0 atom stereocenters. The van der Waals surface area contributed by atoms with E-state index in [1.807, 2.05) is 6.07 Å². The first kappa shape index (κ1) is 14.7. The smallest absolute Gasteiger partial charge is 0.270 e. The fourth-order valence-electron chi connectivity index (χ4n) is 2.19. The van der Waals surface area contributed by atoms with Crippen molar-refractivity contribution in [3.63, 3.8) is 0 Å². The minimum atomic E-state index is -0.329. The number of anilines is 1. The largest absolute Gasteiger partial charge is 0.348 e. The summed E-state index contributed by atoms with van der Waals surface area (Å²) in [4.78, 5) is 36.7. The number of amides is 2. The molecule has 0 aliphatic heterocycles. The molecule has 8 heteroatoms. The Morgan fingerprint density at radius 2 is 2.04 bits per heavy atom. The average Bonchev–Trinajstić information content (AvgIpc) is 3.31. The molecule has 4 rings (SSSR count). The second kappa shape index (κ2) is 5.97. The van der Waals surface area contributed by atoms with Crippen molar-refractivity contribution in [1.82, 2.24) is 20.3 Å². The fourth-order valence-corrected chi connectivity index (χ4v) is 3.01. The lowest BCUT2D eigenvalue weighted by molar-refractivity contribution is 0.0946. The van der Waals surface area contributed by atoms with Crippen molar-refractivity contribution >= 4 is 38.5 Å². The predicted molar refractivity (Wildman–Crippen MR) is 90.1 cm³/mol. The molecular formula is C16H13N5O2S. The Labute approximate surface area is 141 Å². The summed E-state index contributed by atoms with van der Waals surface area (Å²) >= 11 is 1.37. The third-order valence-corrected chi connectivity index (χ3v) is 4.53. The molecule has 3 aromatic heterocycles. The molecule has 0 aromatic carbocycles. The summed E-state index contributed by atoms with van der Waals surface area (Å²) in [6.07, 6.45) is 6.78. The van der Waals surface area contributed by atoms with Crippen molar-refractivity contribution in [2.24, 2.45) is 0 Å². The average molecular weight is 339 g/mol. The molecule has 3 heterocycles. The van der Waals surface area contributed by atoms with Gasteiger partial charge in [0.2, 0.25) is 0 Å². The van der Waals surface area contributed by atoms with E-state index in [2.05, 4.69) is 25.6 Å². The Bertz CT molecular complexity index is 902. The topological polar surface area (TPSA) is 96.9 Å².